The molecule has 10 nitrogen and oxygen atoms in total. The molecule has 39 heavy (non-hydrogen) atoms. The minimum Gasteiger partial charge on any atom is -0.473 e. The SMILES string of the molecule is C[C@H]1C[C@@H](Oc2ncccc2Cl)CCN1C(=O)Cn1nc(C(=O)N2CCC(OCCO)CC2)c2c1C[C@H]1C[C@@H]21. The number of amides is 2. The molecule has 2 aliphatic carbocycles. The predicted molar refractivity (Wildman–Crippen MR) is 143 cm³/mol. The number of hydrogen-bond acceptors (Lipinski definition) is 7. The first-order valence-electron chi connectivity index (χ1n) is 14.1. The molecule has 6 rings (SSSR count). The van der Waals surface area contributed by atoms with Gasteiger partial charge in [-0.15, -0.1) is 0 Å². The number of carbonyl (C=O) groups excluding carboxylic acids is 2. The summed E-state index contributed by atoms with van der Waals surface area (Å²) in [5.74, 6) is 1.39. The Kier molecular flexibility index (Phi) is 7.52. The van der Waals surface area contributed by atoms with Crippen LogP contribution in [0.15, 0.2) is 18.3 Å². The van der Waals surface area contributed by atoms with E-state index in [1.54, 1.807) is 23.0 Å². The molecule has 1 N–H and O–H groups in total. The van der Waals surface area contributed by atoms with Gasteiger partial charge in [0, 0.05) is 56.0 Å². The average Bonchev–Trinajstić information content (AvgIpc) is 3.46. The van der Waals surface area contributed by atoms with Gasteiger partial charge < -0.3 is 24.4 Å². The molecule has 0 unspecified atom stereocenters. The summed E-state index contributed by atoms with van der Waals surface area (Å²) in [5, 5.41) is 14.2. The molecule has 4 aliphatic rings. The zero-order valence-electron chi connectivity index (χ0n) is 22.3. The number of rotatable bonds is 8. The average molecular weight is 558 g/mol. The van der Waals surface area contributed by atoms with Crippen molar-refractivity contribution < 1.29 is 24.2 Å². The van der Waals surface area contributed by atoms with E-state index in [9.17, 15) is 9.59 Å². The highest BCUT2D eigenvalue weighted by Crippen LogP contribution is 2.57. The van der Waals surface area contributed by atoms with Crippen molar-refractivity contribution in [2.24, 2.45) is 5.92 Å². The van der Waals surface area contributed by atoms with Crippen LogP contribution in [0.2, 0.25) is 5.02 Å². The Morgan fingerprint density at radius 2 is 1.95 bits per heavy atom. The molecule has 0 bridgehead atoms. The van der Waals surface area contributed by atoms with Crippen molar-refractivity contribution >= 4 is 23.4 Å². The maximum atomic E-state index is 13.6. The van der Waals surface area contributed by atoms with Gasteiger partial charge in [-0.25, -0.2) is 4.98 Å². The summed E-state index contributed by atoms with van der Waals surface area (Å²) in [7, 11) is 0. The van der Waals surface area contributed by atoms with Gasteiger partial charge in [-0.3, -0.25) is 14.3 Å². The van der Waals surface area contributed by atoms with Gasteiger partial charge in [-0.05, 0) is 56.6 Å². The van der Waals surface area contributed by atoms with Crippen LogP contribution in [0.25, 0.3) is 0 Å². The van der Waals surface area contributed by atoms with E-state index < -0.39 is 0 Å². The highest BCUT2D eigenvalue weighted by atomic mass is 35.5. The largest absolute Gasteiger partial charge is 0.473 e. The molecule has 2 amide bonds. The standard InChI is InChI=1S/C28H36ClN5O5/c1-17-13-20(39-27-22(29)3-2-7-30-27)6-10-33(17)24(36)16-34-23-15-18-14-21(18)25(23)26(31-34)28(37)32-8-4-19(5-9-32)38-12-11-35/h2-3,7,17-21,35H,4-6,8-16H2,1H3/t17-,18+,20-,21+/m0/s1. The number of piperidine rings is 2. The summed E-state index contributed by atoms with van der Waals surface area (Å²) in [5.41, 5.74) is 2.67. The minimum atomic E-state index is -0.0556. The molecule has 4 heterocycles. The Balaban J connectivity index is 1.10. The van der Waals surface area contributed by atoms with E-state index in [2.05, 4.69) is 4.98 Å². The normalized spacial score (nSPS) is 26.3. The van der Waals surface area contributed by atoms with Crippen LogP contribution in [0.1, 0.15) is 66.7 Å². The van der Waals surface area contributed by atoms with E-state index in [1.165, 1.54) is 0 Å². The first-order chi connectivity index (χ1) is 18.9. The fraction of sp³-hybridized carbons (Fsp3) is 0.643. The summed E-state index contributed by atoms with van der Waals surface area (Å²) in [4.78, 5) is 35.0. The number of ether oxygens (including phenoxy) is 2. The number of carbonyl (C=O) groups is 2. The Morgan fingerprint density at radius 3 is 2.69 bits per heavy atom. The molecule has 0 spiro atoms. The lowest BCUT2D eigenvalue weighted by Gasteiger charge is -2.37. The Labute approximate surface area is 233 Å². The molecular weight excluding hydrogens is 522 g/mol. The third-order valence-corrected chi connectivity index (χ3v) is 8.95. The van der Waals surface area contributed by atoms with Crippen LogP contribution in [0.3, 0.4) is 0 Å². The second kappa shape index (κ2) is 11.1. The monoisotopic (exact) mass is 557 g/mol. The number of fused-ring (bicyclic) bond motifs is 3. The number of aliphatic hydroxyl groups is 1. The molecular formula is C28H36ClN5O5. The zero-order valence-corrected chi connectivity index (χ0v) is 23.1. The number of aliphatic hydroxyl groups excluding tert-OH is 1. The quantitative estimate of drug-likeness (QED) is 0.531. The van der Waals surface area contributed by atoms with Gasteiger partial charge in [-0.1, -0.05) is 11.6 Å². The van der Waals surface area contributed by atoms with Crippen molar-refractivity contribution in [3.8, 4) is 5.88 Å². The number of likely N-dealkylation sites (tertiary alicyclic amines) is 2. The van der Waals surface area contributed by atoms with Gasteiger partial charge in [0.05, 0.1) is 19.3 Å². The smallest absolute Gasteiger partial charge is 0.274 e. The van der Waals surface area contributed by atoms with Crippen LogP contribution in [-0.4, -0.2) is 92.6 Å². The van der Waals surface area contributed by atoms with Gasteiger partial charge in [0.15, 0.2) is 5.69 Å². The molecule has 0 aromatic carbocycles. The number of aromatic nitrogens is 3. The van der Waals surface area contributed by atoms with Gasteiger partial charge in [0.2, 0.25) is 11.8 Å². The summed E-state index contributed by atoms with van der Waals surface area (Å²) in [6.07, 6.45) is 6.58. The third-order valence-electron chi connectivity index (χ3n) is 8.66. The van der Waals surface area contributed by atoms with Crippen molar-refractivity contribution in [1.82, 2.24) is 24.6 Å². The third kappa shape index (κ3) is 5.38. The molecule has 1 saturated carbocycles. The van der Waals surface area contributed by atoms with Crippen molar-refractivity contribution in [2.75, 3.05) is 32.8 Å². The molecule has 2 saturated heterocycles. The van der Waals surface area contributed by atoms with Gasteiger partial charge in [0.1, 0.15) is 17.7 Å². The molecule has 2 aliphatic heterocycles. The van der Waals surface area contributed by atoms with E-state index >= 15 is 0 Å². The molecule has 0 radical (unpaired) electrons. The van der Waals surface area contributed by atoms with Crippen LogP contribution in [0, 0.1) is 5.92 Å². The maximum absolute atomic E-state index is 13.6. The van der Waals surface area contributed by atoms with Gasteiger partial charge >= 0.3 is 0 Å². The van der Waals surface area contributed by atoms with Crippen LogP contribution < -0.4 is 4.74 Å². The van der Waals surface area contributed by atoms with E-state index in [0.29, 0.717) is 67.5 Å². The van der Waals surface area contributed by atoms with Crippen LogP contribution in [0.5, 0.6) is 5.88 Å². The van der Waals surface area contributed by atoms with E-state index in [-0.39, 0.29) is 43.2 Å². The summed E-state index contributed by atoms with van der Waals surface area (Å²) in [6.45, 7) is 4.34. The van der Waals surface area contributed by atoms with Crippen LogP contribution >= 0.6 is 11.6 Å². The van der Waals surface area contributed by atoms with Crippen LogP contribution in [0.4, 0.5) is 0 Å². The second-order valence-electron chi connectivity index (χ2n) is 11.2. The Hall–Kier alpha value is -2.69. The molecule has 210 valence electrons. The van der Waals surface area contributed by atoms with Crippen molar-refractivity contribution in [3.63, 3.8) is 0 Å². The predicted octanol–water partition coefficient (Wildman–Crippen LogP) is 2.66. The Bertz CT molecular complexity index is 1230. The lowest BCUT2D eigenvalue weighted by atomic mass is 10.0. The topological polar surface area (TPSA) is 110 Å². The summed E-state index contributed by atoms with van der Waals surface area (Å²) < 4.78 is 13.5. The van der Waals surface area contributed by atoms with Gasteiger partial charge in [-0.2, -0.15) is 5.10 Å². The number of nitrogens with zero attached hydrogens (tertiary/aromatic N) is 5. The fourth-order valence-corrected chi connectivity index (χ4v) is 6.68. The first kappa shape index (κ1) is 26.5. The summed E-state index contributed by atoms with van der Waals surface area (Å²) in [6, 6.07) is 3.53. The zero-order chi connectivity index (χ0) is 27.1. The summed E-state index contributed by atoms with van der Waals surface area (Å²) >= 11 is 6.20. The number of pyridine rings is 1. The first-order valence-corrected chi connectivity index (χ1v) is 14.5. The van der Waals surface area contributed by atoms with Crippen molar-refractivity contribution in [1.29, 1.82) is 0 Å². The van der Waals surface area contributed by atoms with Crippen LogP contribution in [-0.2, 0) is 22.5 Å². The molecule has 11 heteroatoms. The number of hydrogen-bond donors (Lipinski definition) is 1. The highest BCUT2D eigenvalue weighted by Gasteiger charge is 2.50. The van der Waals surface area contributed by atoms with Crippen molar-refractivity contribution in [2.45, 2.75) is 76.2 Å². The van der Waals surface area contributed by atoms with Gasteiger partial charge in [0.25, 0.3) is 5.91 Å². The lowest BCUT2D eigenvalue weighted by molar-refractivity contribution is -0.136. The highest BCUT2D eigenvalue weighted by molar-refractivity contribution is 6.31. The Morgan fingerprint density at radius 1 is 1.15 bits per heavy atom. The number of halogens is 1. The van der Waals surface area contributed by atoms with E-state index in [1.807, 2.05) is 16.7 Å². The molecule has 2 aromatic heterocycles. The van der Waals surface area contributed by atoms with E-state index in [0.717, 1.165) is 36.9 Å². The maximum Gasteiger partial charge on any atom is 0.274 e. The van der Waals surface area contributed by atoms with Crippen molar-refractivity contribution in [3.05, 3.63) is 40.3 Å². The van der Waals surface area contributed by atoms with E-state index in [4.69, 9.17) is 31.3 Å². The molecule has 4 atom stereocenters. The molecule has 2 aromatic rings. The fourth-order valence-electron chi connectivity index (χ4n) is 6.52. The molecule has 3 fully saturated rings. The minimum absolute atomic E-state index is 0.00574. The second-order valence-corrected chi connectivity index (χ2v) is 11.7. The lowest BCUT2D eigenvalue weighted by Crippen LogP contribution is -2.48.